The lowest BCUT2D eigenvalue weighted by atomic mass is 9.72. The SMILES string of the molecule is CC(C)C(=O)Oc1ccc(C(=O)CCCN2CCC(C(O)(c3ccccc3)c3ccccc3)CC2)cc1. The maximum Gasteiger partial charge on any atom is 0.313 e. The molecule has 4 rings (SSSR count). The molecule has 37 heavy (non-hydrogen) atoms. The lowest BCUT2D eigenvalue weighted by Crippen LogP contribution is -2.44. The van der Waals surface area contributed by atoms with Crippen LogP contribution in [0.4, 0.5) is 0 Å². The Morgan fingerprint density at radius 3 is 1.95 bits per heavy atom. The first-order chi connectivity index (χ1) is 17.9. The monoisotopic (exact) mass is 499 g/mol. The zero-order chi connectivity index (χ0) is 26.3. The normalized spacial score (nSPS) is 15.0. The van der Waals surface area contributed by atoms with Gasteiger partial charge in [0.15, 0.2) is 5.78 Å². The minimum absolute atomic E-state index is 0.0964. The van der Waals surface area contributed by atoms with Crippen LogP contribution in [0, 0.1) is 11.8 Å². The van der Waals surface area contributed by atoms with Crippen molar-refractivity contribution >= 4 is 11.8 Å². The van der Waals surface area contributed by atoms with Crippen molar-refractivity contribution in [2.75, 3.05) is 19.6 Å². The molecule has 1 fully saturated rings. The maximum atomic E-state index is 12.7. The highest BCUT2D eigenvalue weighted by Crippen LogP contribution is 2.41. The number of hydrogen-bond donors (Lipinski definition) is 1. The number of ether oxygens (including phenoxy) is 1. The van der Waals surface area contributed by atoms with E-state index in [2.05, 4.69) is 4.90 Å². The zero-order valence-electron chi connectivity index (χ0n) is 21.8. The van der Waals surface area contributed by atoms with Gasteiger partial charge in [0.25, 0.3) is 0 Å². The van der Waals surface area contributed by atoms with Gasteiger partial charge in [0.2, 0.25) is 0 Å². The fourth-order valence-corrected chi connectivity index (χ4v) is 5.15. The largest absolute Gasteiger partial charge is 0.426 e. The van der Waals surface area contributed by atoms with Crippen molar-refractivity contribution in [3.8, 4) is 5.75 Å². The van der Waals surface area contributed by atoms with Gasteiger partial charge in [-0.05, 0) is 80.2 Å². The summed E-state index contributed by atoms with van der Waals surface area (Å²) in [6.07, 6.45) is 3.05. The molecule has 0 aromatic heterocycles. The second kappa shape index (κ2) is 12.3. The Bertz CT molecular complexity index is 1110. The molecule has 3 aromatic rings. The molecule has 1 N–H and O–H groups in total. The fraction of sp³-hybridized carbons (Fsp3) is 0.375. The van der Waals surface area contributed by atoms with Gasteiger partial charge in [-0.2, -0.15) is 0 Å². The van der Waals surface area contributed by atoms with E-state index in [1.807, 2.05) is 60.7 Å². The Kier molecular flexibility index (Phi) is 8.91. The molecule has 5 heteroatoms. The van der Waals surface area contributed by atoms with E-state index >= 15 is 0 Å². The van der Waals surface area contributed by atoms with Crippen LogP contribution in [0.2, 0.25) is 0 Å². The Morgan fingerprint density at radius 1 is 0.892 bits per heavy atom. The van der Waals surface area contributed by atoms with E-state index in [0.717, 1.165) is 50.0 Å². The second-order valence-corrected chi connectivity index (χ2v) is 10.2. The average molecular weight is 500 g/mol. The molecular weight excluding hydrogens is 462 g/mol. The third kappa shape index (κ3) is 6.54. The van der Waals surface area contributed by atoms with Crippen molar-refractivity contribution in [3.63, 3.8) is 0 Å². The maximum absolute atomic E-state index is 12.7. The van der Waals surface area contributed by atoms with Crippen molar-refractivity contribution in [3.05, 3.63) is 102 Å². The number of Topliss-reactive ketones (excluding diaryl/α,β-unsaturated/α-hetero) is 1. The number of benzene rings is 3. The molecule has 1 heterocycles. The first-order valence-electron chi connectivity index (χ1n) is 13.3. The summed E-state index contributed by atoms with van der Waals surface area (Å²) in [5.74, 6) is 0.201. The average Bonchev–Trinajstić information content (AvgIpc) is 2.94. The first-order valence-corrected chi connectivity index (χ1v) is 13.3. The molecule has 0 atom stereocenters. The molecule has 3 aromatic carbocycles. The van der Waals surface area contributed by atoms with Gasteiger partial charge in [-0.1, -0.05) is 74.5 Å². The van der Waals surface area contributed by atoms with E-state index < -0.39 is 5.60 Å². The summed E-state index contributed by atoms with van der Waals surface area (Å²) in [6, 6.07) is 26.8. The number of carbonyl (C=O) groups excluding carboxylic acids is 2. The number of esters is 1. The number of ketones is 1. The molecule has 194 valence electrons. The topological polar surface area (TPSA) is 66.8 Å². The third-order valence-electron chi connectivity index (χ3n) is 7.35. The highest BCUT2D eigenvalue weighted by Gasteiger charge is 2.41. The van der Waals surface area contributed by atoms with E-state index in [4.69, 9.17) is 4.74 Å². The predicted molar refractivity (Wildman–Crippen MR) is 146 cm³/mol. The molecule has 1 saturated heterocycles. The summed E-state index contributed by atoms with van der Waals surface area (Å²) in [5, 5.41) is 12.0. The molecule has 0 saturated carbocycles. The molecule has 1 aliphatic rings. The van der Waals surface area contributed by atoms with Crippen LogP contribution in [-0.2, 0) is 10.4 Å². The summed E-state index contributed by atoms with van der Waals surface area (Å²) < 4.78 is 5.29. The van der Waals surface area contributed by atoms with Crippen LogP contribution in [0.3, 0.4) is 0 Å². The van der Waals surface area contributed by atoms with Crippen molar-refractivity contribution in [1.29, 1.82) is 0 Å². The molecular formula is C32H37NO4. The van der Waals surface area contributed by atoms with E-state index in [9.17, 15) is 14.7 Å². The van der Waals surface area contributed by atoms with Crippen molar-refractivity contribution in [2.45, 2.75) is 45.1 Å². The van der Waals surface area contributed by atoms with Crippen LogP contribution in [0.1, 0.15) is 61.0 Å². The number of nitrogens with zero attached hydrogens (tertiary/aromatic N) is 1. The molecule has 0 unspecified atom stereocenters. The van der Waals surface area contributed by atoms with E-state index in [0.29, 0.717) is 17.7 Å². The quantitative estimate of drug-likeness (QED) is 0.215. The zero-order valence-corrected chi connectivity index (χ0v) is 21.8. The second-order valence-electron chi connectivity index (χ2n) is 10.2. The van der Waals surface area contributed by atoms with Gasteiger partial charge in [0.05, 0.1) is 5.92 Å². The summed E-state index contributed by atoms with van der Waals surface area (Å²) in [7, 11) is 0. The van der Waals surface area contributed by atoms with Gasteiger partial charge in [-0.15, -0.1) is 0 Å². The molecule has 0 radical (unpaired) electrons. The lowest BCUT2D eigenvalue weighted by Gasteiger charge is -2.42. The van der Waals surface area contributed by atoms with Crippen LogP contribution in [0.25, 0.3) is 0 Å². The van der Waals surface area contributed by atoms with Crippen molar-refractivity contribution in [2.24, 2.45) is 11.8 Å². The van der Waals surface area contributed by atoms with Gasteiger partial charge in [0, 0.05) is 12.0 Å². The number of piperidine rings is 1. The fourth-order valence-electron chi connectivity index (χ4n) is 5.15. The summed E-state index contributed by atoms with van der Waals surface area (Å²) in [4.78, 5) is 26.8. The minimum atomic E-state index is -1.01. The Labute approximate surface area is 220 Å². The summed E-state index contributed by atoms with van der Waals surface area (Å²) in [5.41, 5.74) is 1.50. The molecule has 0 amide bonds. The van der Waals surface area contributed by atoms with Gasteiger partial charge < -0.3 is 14.7 Å². The van der Waals surface area contributed by atoms with Gasteiger partial charge in [-0.25, -0.2) is 0 Å². The minimum Gasteiger partial charge on any atom is -0.426 e. The van der Waals surface area contributed by atoms with Crippen LogP contribution < -0.4 is 4.74 Å². The van der Waals surface area contributed by atoms with Crippen LogP contribution in [0.15, 0.2) is 84.9 Å². The predicted octanol–water partition coefficient (Wildman–Crippen LogP) is 5.86. The summed E-state index contributed by atoms with van der Waals surface area (Å²) >= 11 is 0. The number of hydrogen-bond acceptors (Lipinski definition) is 5. The molecule has 5 nitrogen and oxygen atoms in total. The molecule has 0 bridgehead atoms. The lowest BCUT2D eigenvalue weighted by molar-refractivity contribution is -0.137. The van der Waals surface area contributed by atoms with Crippen molar-refractivity contribution in [1.82, 2.24) is 4.90 Å². The number of likely N-dealkylation sites (tertiary alicyclic amines) is 1. The number of carbonyl (C=O) groups is 2. The smallest absolute Gasteiger partial charge is 0.313 e. The van der Waals surface area contributed by atoms with Gasteiger partial charge in [-0.3, -0.25) is 9.59 Å². The highest BCUT2D eigenvalue weighted by molar-refractivity contribution is 5.96. The van der Waals surface area contributed by atoms with Gasteiger partial charge in [0.1, 0.15) is 11.4 Å². The Balaban J connectivity index is 1.29. The number of aliphatic hydroxyl groups is 1. The third-order valence-corrected chi connectivity index (χ3v) is 7.35. The number of rotatable bonds is 10. The van der Waals surface area contributed by atoms with Crippen LogP contribution in [0.5, 0.6) is 5.75 Å². The first kappa shape index (κ1) is 26.8. The highest BCUT2D eigenvalue weighted by atomic mass is 16.5. The molecule has 0 aliphatic carbocycles. The van der Waals surface area contributed by atoms with Crippen LogP contribution >= 0.6 is 0 Å². The van der Waals surface area contributed by atoms with E-state index in [-0.39, 0.29) is 23.6 Å². The van der Waals surface area contributed by atoms with Gasteiger partial charge >= 0.3 is 5.97 Å². The van der Waals surface area contributed by atoms with Crippen LogP contribution in [-0.4, -0.2) is 41.4 Å². The van der Waals surface area contributed by atoms with Crippen molar-refractivity contribution < 1.29 is 19.4 Å². The van der Waals surface area contributed by atoms with E-state index in [1.165, 1.54) is 0 Å². The summed E-state index contributed by atoms with van der Waals surface area (Å²) in [6.45, 7) is 6.23. The standard InChI is InChI=1S/C32H37NO4/c1-24(2)31(35)37-29-17-15-25(16-18-29)30(34)14-9-21-33-22-19-28(20-23-33)32(36,26-10-5-3-6-11-26)27-12-7-4-8-13-27/h3-8,10-13,15-18,24,28,36H,9,14,19-23H2,1-2H3. The molecule has 0 spiro atoms. The molecule has 1 aliphatic heterocycles. The van der Waals surface area contributed by atoms with E-state index in [1.54, 1.807) is 38.1 Å². The Hall–Kier alpha value is -3.28. The Morgan fingerprint density at radius 2 is 1.43 bits per heavy atom.